The van der Waals surface area contributed by atoms with Gasteiger partial charge in [0.25, 0.3) is 5.91 Å². The lowest BCUT2D eigenvalue weighted by atomic mass is 10.1. The first-order valence-corrected chi connectivity index (χ1v) is 10.5. The van der Waals surface area contributed by atoms with Crippen molar-refractivity contribution in [2.45, 2.75) is 31.7 Å². The van der Waals surface area contributed by atoms with Gasteiger partial charge >= 0.3 is 0 Å². The lowest BCUT2D eigenvalue weighted by molar-refractivity contribution is -0.122. The Bertz CT molecular complexity index is 1030. The Labute approximate surface area is 174 Å². The van der Waals surface area contributed by atoms with Crippen LogP contribution in [0.4, 0.5) is 5.69 Å². The van der Waals surface area contributed by atoms with Gasteiger partial charge in [-0.1, -0.05) is 36.0 Å². The maximum absolute atomic E-state index is 12.8. The molecule has 0 saturated carbocycles. The summed E-state index contributed by atoms with van der Waals surface area (Å²) in [4.78, 5) is 17.5. The summed E-state index contributed by atoms with van der Waals surface area (Å²) in [6, 6.07) is 13.3. The van der Waals surface area contributed by atoms with Crippen LogP contribution in [-0.2, 0) is 11.3 Å². The molecule has 1 atom stereocenters. The van der Waals surface area contributed by atoms with Crippen LogP contribution < -0.4 is 14.8 Å². The summed E-state index contributed by atoms with van der Waals surface area (Å²) in [7, 11) is 1.59. The molecular weight excluding hydrogens is 386 g/mol. The number of amides is 1. The monoisotopic (exact) mass is 409 g/mol. The fourth-order valence-corrected chi connectivity index (χ4v) is 4.15. The van der Waals surface area contributed by atoms with Crippen molar-refractivity contribution in [3.05, 3.63) is 54.2 Å². The molecule has 0 bridgehead atoms. The summed E-state index contributed by atoms with van der Waals surface area (Å²) in [5.41, 5.74) is 3.52. The van der Waals surface area contributed by atoms with Crippen molar-refractivity contribution in [3.63, 3.8) is 0 Å². The summed E-state index contributed by atoms with van der Waals surface area (Å²) < 4.78 is 13.4. The molecule has 2 aromatic carbocycles. The first-order chi connectivity index (χ1) is 14.0. The van der Waals surface area contributed by atoms with E-state index in [0.29, 0.717) is 17.2 Å². The highest BCUT2D eigenvalue weighted by atomic mass is 32.2. The number of para-hydroxylation sites is 1. The Morgan fingerprint density at radius 2 is 2.07 bits per heavy atom. The number of thioether (sulfide) groups is 1. The zero-order valence-corrected chi connectivity index (χ0v) is 17.5. The van der Waals surface area contributed by atoms with Crippen molar-refractivity contribution in [3.8, 4) is 22.8 Å². The van der Waals surface area contributed by atoms with Crippen molar-refractivity contribution in [1.82, 2.24) is 9.55 Å². The van der Waals surface area contributed by atoms with Crippen molar-refractivity contribution < 1.29 is 14.3 Å². The maximum Gasteiger partial charge on any atom is 0.265 e. The average molecular weight is 410 g/mol. The van der Waals surface area contributed by atoms with Crippen LogP contribution >= 0.6 is 11.8 Å². The smallest absolute Gasteiger partial charge is 0.265 e. The first-order valence-electron chi connectivity index (χ1n) is 9.46. The number of carbonyl (C=O) groups is 1. The molecule has 1 aromatic heterocycles. The third kappa shape index (κ3) is 4.10. The van der Waals surface area contributed by atoms with E-state index in [4.69, 9.17) is 14.5 Å². The van der Waals surface area contributed by atoms with Crippen LogP contribution in [0.1, 0.15) is 12.5 Å². The number of benzene rings is 2. The zero-order valence-electron chi connectivity index (χ0n) is 16.6. The summed E-state index contributed by atoms with van der Waals surface area (Å²) in [6.07, 6.45) is 1.35. The number of anilines is 1. The summed E-state index contributed by atoms with van der Waals surface area (Å²) >= 11 is 1.75. The van der Waals surface area contributed by atoms with Gasteiger partial charge in [-0.15, -0.1) is 0 Å². The minimum absolute atomic E-state index is 0.235. The van der Waals surface area contributed by atoms with Gasteiger partial charge < -0.3 is 19.4 Å². The van der Waals surface area contributed by atoms with E-state index in [1.807, 2.05) is 55.6 Å². The minimum atomic E-state index is -0.692. The highest BCUT2D eigenvalue weighted by Crippen LogP contribution is 2.33. The van der Waals surface area contributed by atoms with Gasteiger partial charge in [0.1, 0.15) is 0 Å². The van der Waals surface area contributed by atoms with E-state index in [2.05, 4.69) is 9.88 Å². The molecule has 0 radical (unpaired) electrons. The number of imidazole rings is 1. The maximum atomic E-state index is 12.8. The standard InChI is InChI=1S/C22H23N3O3S/c1-14-8-9-19(20(12-14)27-3)28-15(2)21(26)23-17-7-5-4-6-16(17)18-13-25-10-11-29-22(25)24-18/h4-9,12-13,15H,10-11H2,1-3H3,(H,23,26). The molecule has 1 amide bonds. The van der Waals surface area contributed by atoms with Crippen LogP contribution in [0.15, 0.2) is 53.8 Å². The van der Waals surface area contributed by atoms with Gasteiger partial charge in [0, 0.05) is 24.1 Å². The number of hydrogen-bond acceptors (Lipinski definition) is 5. The Kier molecular flexibility index (Phi) is 5.49. The Balaban J connectivity index is 1.51. The fourth-order valence-electron chi connectivity index (χ4n) is 3.21. The third-order valence-corrected chi connectivity index (χ3v) is 5.73. The van der Waals surface area contributed by atoms with E-state index < -0.39 is 6.10 Å². The second kappa shape index (κ2) is 8.21. The van der Waals surface area contributed by atoms with Crippen LogP contribution in [0.2, 0.25) is 0 Å². The first kappa shape index (κ1) is 19.4. The van der Waals surface area contributed by atoms with Gasteiger partial charge in [0.15, 0.2) is 22.8 Å². The quantitative estimate of drug-likeness (QED) is 0.655. The lowest BCUT2D eigenvalue weighted by Crippen LogP contribution is -2.30. The van der Waals surface area contributed by atoms with Gasteiger partial charge in [-0.2, -0.15) is 0 Å². The Hall–Kier alpha value is -2.93. The number of aromatic nitrogens is 2. The lowest BCUT2D eigenvalue weighted by Gasteiger charge is -2.18. The van der Waals surface area contributed by atoms with E-state index in [-0.39, 0.29) is 5.91 Å². The van der Waals surface area contributed by atoms with Crippen molar-refractivity contribution >= 4 is 23.4 Å². The van der Waals surface area contributed by atoms with Crippen LogP contribution in [0.5, 0.6) is 11.5 Å². The summed E-state index contributed by atoms with van der Waals surface area (Å²) in [5, 5.41) is 4.00. The third-order valence-electron chi connectivity index (χ3n) is 4.76. The van der Waals surface area contributed by atoms with Crippen LogP contribution in [0, 0.1) is 6.92 Å². The molecule has 0 spiro atoms. The van der Waals surface area contributed by atoms with Gasteiger partial charge in [-0.25, -0.2) is 4.98 Å². The molecule has 0 saturated heterocycles. The molecule has 0 fully saturated rings. The molecule has 1 unspecified atom stereocenters. The summed E-state index contributed by atoms with van der Waals surface area (Å²) in [6.45, 7) is 4.66. The molecule has 4 rings (SSSR count). The number of aryl methyl sites for hydroxylation is 2. The Morgan fingerprint density at radius 1 is 1.24 bits per heavy atom. The molecule has 0 aliphatic carbocycles. The second-order valence-electron chi connectivity index (χ2n) is 6.90. The summed E-state index contributed by atoms with van der Waals surface area (Å²) in [5.74, 6) is 1.96. The van der Waals surface area contributed by atoms with Gasteiger partial charge in [-0.3, -0.25) is 4.79 Å². The van der Waals surface area contributed by atoms with E-state index in [0.717, 1.165) is 34.3 Å². The molecule has 6 nitrogen and oxygen atoms in total. The highest BCUT2D eigenvalue weighted by Gasteiger charge is 2.21. The number of ether oxygens (including phenoxy) is 2. The number of fused-ring (bicyclic) bond motifs is 1. The van der Waals surface area contributed by atoms with Gasteiger partial charge in [-0.05, 0) is 37.6 Å². The topological polar surface area (TPSA) is 65.4 Å². The fraction of sp³-hybridized carbons (Fsp3) is 0.273. The number of carbonyl (C=O) groups excluding carboxylic acids is 1. The van der Waals surface area contributed by atoms with E-state index >= 15 is 0 Å². The SMILES string of the molecule is COc1cc(C)ccc1OC(C)C(=O)Nc1ccccc1-c1cn2c(n1)SCC2. The molecule has 29 heavy (non-hydrogen) atoms. The van der Waals surface area contributed by atoms with Gasteiger partial charge in [0.2, 0.25) is 0 Å². The molecule has 2 heterocycles. The Morgan fingerprint density at radius 3 is 2.86 bits per heavy atom. The van der Waals surface area contributed by atoms with Crippen LogP contribution in [0.25, 0.3) is 11.3 Å². The van der Waals surface area contributed by atoms with E-state index in [9.17, 15) is 4.79 Å². The number of nitrogens with one attached hydrogen (secondary N) is 1. The number of hydrogen-bond donors (Lipinski definition) is 1. The minimum Gasteiger partial charge on any atom is -0.493 e. The second-order valence-corrected chi connectivity index (χ2v) is 7.96. The van der Waals surface area contributed by atoms with E-state index in [1.54, 1.807) is 25.8 Å². The van der Waals surface area contributed by atoms with Gasteiger partial charge in [0.05, 0.1) is 18.5 Å². The number of methoxy groups -OCH3 is 1. The molecule has 7 heteroatoms. The van der Waals surface area contributed by atoms with Crippen LogP contribution in [-0.4, -0.2) is 34.4 Å². The molecular formula is C22H23N3O3S. The average Bonchev–Trinajstić information content (AvgIpc) is 3.31. The number of rotatable bonds is 6. The molecule has 3 aromatic rings. The molecule has 1 N–H and O–H groups in total. The predicted octanol–water partition coefficient (Wildman–Crippen LogP) is 4.38. The van der Waals surface area contributed by atoms with E-state index in [1.165, 1.54) is 0 Å². The largest absolute Gasteiger partial charge is 0.493 e. The number of nitrogens with zero attached hydrogens (tertiary/aromatic N) is 2. The molecule has 1 aliphatic heterocycles. The normalized spacial score (nSPS) is 13.6. The molecule has 1 aliphatic rings. The van der Waals surface area contributed by atoms with Crippen molar-refractivity contribution in [1.29, 1.82) is 0 Å². The van der Waals surface area contributed by atoms with Crippen LogP contribution in [0.3, 0.4) is 0 Å². The predicted molar refractivity (Wildman–Crippen MR) is 115 cm³/mol. The van der Waals surface area contributed by atoms with Crippen molar-refractivity contribution in [2.24, 2.45) is 0 Å². The highest BCUT2D eigenvalue weighted by molar-refractivity contribution is 7.99. The zero-order chi connectivity index (χ0) is 20.4. The molecule has 150 valence electrons. The van der Waals surface area contributed by atoms with Crippen molar-refractivity contribution in [2.75, 3.05) is 18.2 Å².